The standard InChI is InChI=1S/C19H19ClN2O3/c20-16-5-3-6-17(12-16)21-8-10-22(11-9-21)19(24)14-25-18-7-2-1-4-15(18)13-23/h1-7,12-13H,8-11,14H2. The zero-order valence-electron chi connectivity index (χ0n) is 13.7. The Labute approximate surface area is 151 Å². The molecular weight excluding hydrogens is 340 g/mol. The molecule has 0 spiro atoms. The van der Waals surface area contributed by atoms with Gasteiger partial charge in [-0.2, -0.15) is 0 Å². The van der Waals surface area contributed by atoms with E-state index in [-0.39, 0.29) is 12.5 Å². The van der Waals surface area contributed by atoms with Gasteiger partial charge in [0.2, 0.25) is 0 Å². The zero-order chi connectivity index (χ0) is 17.6. The Morgan fingerprint density at radius 3 is 2.56 bits per heavy atom. The number of rotatable bonds is 5. The number of aldehydes is 1. The lowest BCUT2D eigenvalue weighted by Crippen LogP contribution is -2.50. The summed E-state index contributed by atoms with van der Waals surface area (Å²) in [6, 6.07) is 14.6. The van der Waals surface area contributed by atoms with Crippen molar-refractivity contribution in [1.29, 1.82) is 0 Å². The van der Waals surface area contributed by atoms with Crippen LogP contribution in [0.15, 0.2) is 48.5 Å². The maximum absolute atomic E-state index is 12.3. The summed E-state index contributed by atoms with van der Waals surface area (Å²) in [6.45, 7) is 2.68. The maximum Gasteiger partial charge on any atom is 0.260 e. The van der Waals surface area contributed by atoms with E-state index in [4.69, 9.17) is 16.3 Å². The van der Waals surface area contributed by atoms with Gasteiger partial charge in [0.25, 0.3) is 5.91 Å². The molecule has 0 unspecified atom stereocenters. The number of carbonyl (C=O) groups is 2. The Kier molecular flexibility index (Phi) is 5.56. The van der Waals surface area contributed by atoms with Gasteiger partial charge >= 0.3 is 0 Å². The van der Waals surface area contributed by atoms with Gasteiger partial charge in [-0.05, 0) is 30.3 Å². The van der Waals surface area contributed by atoms with E-state index in [9.17, 15) is 9.59 Å². The van der Waals surface area contributed by atoms with E-state index < -0.39 is 0 Å². The van der Waals surface area contributed by atoms with Crippen molar-refractivity contribution in [2.45, 2.75) is 0 Å². The number of ether oxygens (including phenoxy) is 1. The number of hydrogen-bond acceptors (Lipinski definition) is 4. The lowest BCUT2D eigenvalue weighted by molar-refractivity contribution is -0.133. The first-order valence-electron chi connectivity index (χ1n) is 8.12. The summed E-state index contributed by atoms with van der Waals surface area (Å²) in [5.41, 5.74) is 1.51. The number of nitrogens with zero attached hydrogens (tertiary/aromatic N) is 2. The van der Waals surface area contributed by atoms with Crippen LogP contribution in [-0.4, -0.2) is 49.9 Å². The molecule has 1 aliphatic heterocycles. The van der Waals surface area contributed by atoms with Crippen LogP contribution in [0.2, 0.25) is 5.02 Å². The van der Waals surface area contributed by atoms with Gasteiger partial charge in [0.05, 0.1) is 5.56 Å². The predicted molar refractivity (Wildman–Crippen MR) is 97.6 cm³/mol. The van der Waals surface area contributed by atoms with Gasteiger partial charge in [0, 0.05) is 36.9 Å². The first-order chi connectivity index (χ1) is 12.2. The van der Waals surface area contributed by atoms with E-state index in [1.54, 1.807) is 29.2 Å². The third-order valence-electron chi connectivity index (χ3n) is 4.20. The third kappa shape index (κ3) is 4.31. The van der Waals surface area contributed by atoms with Crippen LogP contribution in [0.5, 0.6) is 5.75 Å². The van der Waals surface area contributed by atoms with E-state index in [0.29, 0.717) is 29.4 Å². The molecule has 0 bridgehead atoms. The normalized spacial score (nSPS) is 14.3. The molecule has 0 aromatic heterocycles. The monoisotopic (exact) mass is 358 g/mol. The Morgan fingerprint density at radius 1 is 1.08 bits per heavy atom. The fourth-order valence-corrected chi connectivity index (χ4v) is 3.01. The van der Waals surface area contributed by atoms with Crippen molar-refractivity contribution in [1.82, 2.24) is 4.90 Å². The second kappa shape index (κ2) is 8.03. The molecule has 3 rings (SSSR count). The van der Waals surface area contributed by atoms with Crippen molar-refractivity contribution in [3.8, 4) is 5.75 Å². The van der Waals surface area contributed by atoms with Crippen LogP contribution in [0.3, 0.4) is 0 Å². The van der Waals surface area contributed by atoms with Crippen molar-refractivity contribution in [3.63, 3.8) is 0 Å². The lowest BCUT2D eigenvalue weighted by Gasteiger charge is -2.36. The van der Waals surface area contributed by atoms with E-state index >= 15 is 0 Å². The minimum absolute atomic E-state index is 0.0674. The number of carbonyl (C=O) groups excluding carboxylic acids is 2. The molecule has 25 heavy (non-hydrogen) atoms. The molecule has 5 nitrogen and oxygen atoms in total. The highest BCUT2D eigenvalue weighted by molar-refractivity contribution is 6.30. The molecule has 2 aromatic rings. The zero-order valence-corrected chi connectivity index (χ0v) is 14.5. The second-order valence-corrected chi connectivity index (χ2v) is 6.23. The summed E-state index contributed by atoms with van der Waals surface area (Å²) in [4.78, 5) is 27.3. The van der Waals surface area contributed by atoms with Gasteiger partial charge in [0.15, 0.2) is 12.9 Å². The largest absolute Gasteiger partial charge is 0.483 e. The number of amides is 1. The van der Waals surface area contributed by atoms with Crippen molar-refractivity contribution >= 4 is 29.5 Å². The SMILES string of the molecule is O=Cc1ccccc1OCC(=O)N1CCN(c2cccc(Cl)c2)CC1. The highest BCUT2D eigenvalue weighted by Gasteiger charge is 2.22. The fraction of sp³-hybridized carbons (Fsp3) is 0.263. The molecule has 1 amide bonds. The smallest absolute Gasteiger partial charge is 0.260 e. The molecule has 0 atom stereocenters. The van der Waals surface area contributed by atoms with Gasteiger partial charge in [-0.15, -0.1) is 0 Å². The Morgan fingerprint density at radius 2 is 1.84 bits per heavy atom. The van der Waals surface area contributed by atoms with Gasteiger partial charge in [0.1, 0.15) is 5.75 Å². The van der Waals surface area contributed by atoms with Crippen molar-refractivity contribution in [3.05, 3.63) is 59.1 Å². The molecule has 0 radical (unpaired) electrons. The van der Waals surface area contributed by atoms with E-state index in [1.807, 2.05) is 24.3 Å². The molecular formula is C19H19ClN2O3. The molecule has 1 saturated heterocycles. The fourth-order valence-electron chi connectivity index (χ4n) is 2.83. The van der Waals surface area contributed by atoms with Gasteiger partial charge in [-0.25, -0.2) is 0 Å². The Bertz CT molecular complexity index is 758. The summed E-state index contributed by atoms with van der Waals surface area (Å²) in [6.07, 6.45) is 0.726. The second-order valence-electron chi connectivity index (χ2n) is 5.79. The first-order valence-corrected chi connectivity index (χ1v) is 8.50. The number of benzene rings is 2. The third-order valence-corrected chi connectivity index (χ3v) is 4.44. The molecule has 0 N–H and O–H groups in total. The van der Waals surface area contributed by atoms with Crippen LogP contribution in [0.4, 0.5) is 5.69 Å². The summed E-state index contributed by atoms with van der Waals surface area (Å²) < 4.78 is 5.52. The Balaban J connectivity index is 1.52. The molecule has 130 valence electrons. The molecule has 1 aliphatic rings. The average molecular weight is 359 g/mol. The highest BCUT2D eigenvalue weighted by Crippen LogP contribution is 2.21. The van der Waals surface area contributed by atoms with Gasteiger partial charge < -0.3 is 14.5 Å². The van der Waals surface area contributed by atoms with Crippen molar-refractivity contribution in [2.75, 3.05) is 37.7 Å². The van der Waals surface area contributed by atoms with Crippen LogP contribution in [0.25, 0.3) is 0 Å². The van der Waals surface area contributed by atoms with Crippen LogP contribution in [0, 0.1) is 0 Å². The van der Waals surface area contributed by atoms with Crippen LogP contribution in [-0.2, 0) is 4.79 Å². The molecule has 2 aromatic carbocycles. The molecule has 6 heteroatoms. The van der Waals surface area contributed by atoms with Crippen LogP contribution >= 0.6 is 11.6 Å². The lowest BCUT2D eigenvalue weighted by atomic mass is 10.2. The average Bonchev–Trinajstić information content (AvgIpc) is 2.66. The number of halogens is 1. The van der Waals surface area contributed by atoms with E-state index in [2.05, 4.69) is 4.90 Å². The van der Waals surface area contributed by atoms with E-state index in [1.165, 1.54) is 0 Å². The topological polar surface area (TPSA) is 49.9 Å². The molecule has 0 aliphatic carbocycles. The molecule has 0 saturated carbocycles. The first kappa shape index (κ1) is 17.3. The maximum atomic E-state index is 12.3. The number of hydrogen-bond donors (Lipinski definition) is 0. The summed E-state index contributed by atoms with van der Waals surface area (Å²) in [7, 11) is 0. The van der Waals surface area contributed by atoms with Crippen molar-refractivity contribution in [2.24, 2.45) is 0 Å². The van der Waals surface area contributed by atoms with Crippen LogP contribution in [0.1, 0.15) is 10.4 Å². The molecule has 1 heterocycles. The predicted octanol–water partition coefficient (Wildman–Crippen LogP) is 2.88. The quantitative estimate of drug-likeness (QED) is 0.771. The van der Waals surface area contributed by atoms with Gasteiger partial charge in [-0.1, -0.05) is 29.8 Å². The number of piperazine rings is 1. The van der Waals surface area contributed by atoms with Gasteiger partial charge in [-0.3, -0.25) is 9.59 Å². The van der Waals surface area contributed by atoms with Crippen molar-refractivity contribution < 1.29 is 14.3 Å². The number of anilines is 1. The minimum Gasteiger partial charge on any atom is -0.483 e. The highest BCUT2D eigenvalue weighted by atomic mass is 35.5. The van der Waals surface area contributed by atoms with Crippen LogP contribution < -0.4 is 9.64 Å². The summed E-state index contributed by atoms with van der Waals surface area (Å²) in [5.74, 6) is 0.356. The minimum atomic E-state index is -0.0774. The Hall–Kier alpha value is -2.53. The molecule has 1 fully saturated rings. The summed E-state index contributed by atoms with van der Waals surface area (Å²) >= 11 is 6.03. The summed E-state index contributed by atoms with van der Waals surface area (Å²) in [5, 5.41) is 0.707. The number of para-hydroxylation sites is 1. The van der Waals surface area contributed by atoms with E-state index in [0.717, 1.165) is 25.1 Å².